The van der Waals surface area contributed by atoms with Crippen LogP contribution in [0, 0.1) is 13.8 Å². The van der Waals surface area contributed by atoms with Gasteiger partial charge in [0.25, 0.3) is 0 Å². The van der Waals surface area contributed by atoms with Crippen LogP contribution < -0.4 is 19.5 Å². The summed E-state index contributed by atoms with van der Waals surface area (Å²) in [5, 5.41) is 2.79. The average Bonchev–Trinajstić information content (AvgIpc) is 3.07. The zero-order chi connectivity index (χ0) is 17.6. The third-order valence-electron chi connectivity index (χ3n) is 3.97. The minimum Gasteiger partial charge on any atom is -0.492 e. The van der Waals surface area contributed by atoms with Crippen LogP contribution in [0.3, 0.4) is 0 Å². The molecule has 0 atom stereocenters. The van der Waals surface area contributed by atoms with Crippen LogP contribution in [-0.2, 0) is 4.79 Å². The quantitative estimate of drug-likeness (QED) is 0.648. The van der Waals surface area contributed by atoms with Crippen LogP contribution in [0.15, 0.2) is 42.5 Å². The summed E-state index contributed by atoms with van der Waals surface area (Å²) in [5.74, 6) is 2.07. The summed E-state index contributed by atoms with van der Waals surface area (Å²) in [5.41, 5.74) is 3.30. The number of carbonyl (C=O) groups is 1. The zero-order valence-corrected chi connectivity index (χ0v) is 14.4. The molecule has 1 heterocycles. The van der Waals surface area contributed by atoms with Crippen molar-refractivity contribution in [3.05, 3.63) is 59.2 Å². The Morgan fingerprint density at radius 2 is 1.96 bits per heavy atom. The second kappa shape index (κ2) is 7.75. The molecule has 2 aromatic rings. The van der Waals surface area contributed by atoms with E-state index in [2.05, 4.69) is 12.2 Å². The number of ether oxygens (including phenoxy) is 3. The Kier molecular flexibility index (Phi) is 5.23. The lowest BCUT2D eigenvalue weighted by Gasteiger charge is -2.08. The highest BCUT2D eigenvalue weighted by molar-refractivity contribution is 5.91. The van der Waals surface area contributed by atoms with Gasteiger partial charge in [-0.2, -0.15) is 0 Å². The summed E-state index contributed by atoms with van der Waals surface area (Å²) in [7, 11) is 0. The fourth-order valence-electron chi connectivity index (χ4n) is 2.39. The molecule has 3 rings (SSSR count). The smallest absolute Gasteiger partial charge is 0.244 e. The summed E-state index contributed by atoms with van der Waals surface area (Å²) in [6, 6.07) is 11.5. The molecule has 130 valence electrons. The molecule has 0 radical (unpaired) electrons. The Hall–Kier alpha value is -2.95. The normalized spacial score (nSPS) is 12.4. The lowest BCUT2D eigenvalue weighted by molar-refractivity contribution is -0.116. The first-order valence-corrected chi connectivity index (χ1v) is 8.17. The van der Waals surface area contributed by atoms with Gasteiger partial charge >= 0.3 is 0 Å². The molecular weight excluding hydrogens is 318 g/mol. The summed E-state index contributed by atoms with van der Waals surface area (Å²) in [6.07, 6.45) is 3.23. The Balaban J connectivity index is 1.42. The molecule has 0 aliphatic carbocycles. The van der Waals surface area contributed by atoms with E-state index >= 15 is 0 Å². The molecule has 2 aromatic carbocycles. The van der Waals surface area contributed by atoms with Gasteiger partial charge in [-0.3, -0.25) is 4.79 Å². The number of benzene rings is 2. The van der Waals surface area contributed by atoms with E-state index in [0.29, 0.717) is 18.9 Å². The lowest BCUT2D eigenvalue weighted by Crippen LogP contribution is -2.26. The van der Waals surface area contributed by atoms with Gasteiger partial charge in [0, 0.05) is 6.08 Å². The number of hydrogen-bond acceptors (Lipinski definition) is 4. The van der Waals surface area contributed by atoms with E-state index in [9.17, 15) is 4.79 Å². The molecule has 0 aromatic heterocycles. The highest BCUT2D eigenvalue weighted by atomic mass is 16.7. The molecule has 0 fully saturated rings. The predicted molar refractivity (Wildman–Crippen MR) is 96.0 cm³/mol. The topological polar surface area (TPSA) is 56.8 Å². The summed E-state index contributed by atoms with van der Waals surface area (Å²) < 4.78 is 16.2. The number of fused-ring (bicyclic) bond motifs is 1. The number of hydrogen-bond donors (Lipinski definition) is 1. The van der Waals surface area contributed by atoms with E-state index in [1.807, 2.05) is 43.3 Å². The number of amides is 1. The maximum atomic E-state index is 11.9. The van der Waals surface area contributed by atoms with Crippen molar-refractivity contribution >= 4 is 12.0 Å². The van der Waals surface area contributed by atoms with Crippen molar-refractivity contribution in [2.75, 3.05) is 19.9 Å². The predicted octanol–water partition coefficient (Wildman–Crippen LogP) is 3.24. The SMILES string of the molecule is Cc1ccc(OCCNC(=O)/C=C/c2ccc3c(c2)OCO3)cc1C. The van der Waals surface area contributed by atoms with Gasteiger partial charge in [-0.25, -0.2) is 0 Å². The number of rotatable bonds is 6. The lowest BCUT2D eigenvalue weighted by atomic mass is 10.1. The van der Waals surface area contributed by atoms with E-state index in [1.54, 1.807) is 6.08 Å². The van der Waals surface area contributed by atoms with Crippen LogP contribution in [0.2, 0.25) is 0 Å². The minimum absolute atomic E-state index is 0.165. The van der Waals surface area contributed by atoms with Gasteiger partial charge in [-0.05, 0) is 60.9 Å². The molecule has 5 nitrogen and oxygen atoms in total. The van der Waals surface area contributed by atoms with Crippen molar-refractivity contribution < 1.29 is 19.0 Å². The van der Waals surface area contributed by atoms with Crippen LogP contribution in [0.1, 0.15) is 16.7 Å². The molecule has 0 spiro atoms. The van der Waals surface area contributed by atoms with E-state index in [4.69, 9.17) is 14.2 Å². The van der Waals surface area contributed by atoms with Crippen molar-refractivity contribution in [2.24, 2.45) is 0 Å². The minimum atomic E-state index is -0.165. The van der Waals surface area contributed by atoms with Gasteiger partial charge in [0.2, 0.25) is 12.7 Å². The maximum absolute atomic E-state index is 11.9. The molecular formula is C20H21NO4. The second-order valence-corrected chi connectivity index (χ2v) is 5.83. The summed E-state index contributed by atoms with van der Waals surface area (Å²) >= 11 is 0. The van der Waals surface area contributed by atoms with Crippen LogP contribution in [0.25, 0.3) is 6.08 Å². The molecule has 0 saturated heterocycles. The van der Waals surface area contributed by atoms with Crippen LogP contribution in [0.5, 0.6) is 17.2 Å². The first-order chi connectivity index (χ1) is 12.1. The highest BCUT2D eigenvalue weighted by Gasteiger charge is 2.12. The third kappa shape index (κ3) is 4.53. The van der Waals surface area contributed by atoms with E-state index in [0.717, 1.165) is 17.1 Å². The Morgan fingerprint density at radius 3 is 2.80 bits per heavy atom. The van der Waals surface area contributed by atoms with E-state index in [1.165, 1.54) is 17.2 Å². The molecule has 0 bridgehead atoms. The molecule has 1 aliphatic heterocycles. The highest BCUT2D eigenvalue weighted by Crippen LogP contribution is 2.32. The fraction of sp³-hybridized carbons (Fsp3) is 0.250. The van der Waals surface area contributed by atoms with Crippen molar-refractivity contribution in [1.29, 1.82) is 0 Å². The first-order valence-electron chi connectivity index (χ1n) is 8.17. The van der Waals surface area contributed by atoms with E-state index in [-0.39, 0.29) is 12.7 Å². The monoisotopic (exact) mass is 339 g/mol. The standard InChI is InChI=1S/C20H21NO4/c1-14-3-6-17(11-15(14)2)23-10-9-21-20(22)8-5-16-4-7-18-19(12-16)25-13-24-18/h3-8,11-12H,9-10,13H2,1-2H3,(H,21,22)/b8-5+. The van der Waals surface area contributed by atoms with Gasteiger partial charge < -0.3 is 19.5 Å². The largest absolute Gasteiger partial charge is 0.492 e. The van der Waals surface area contributed by atoms with Gasteiger partial charge in [-0.1, -0.05) is 12.1 Å². The Morgan fingerprint density at radius 1 is 1.12 bits per heavy atom. The molecule has 1 N–H and O–H groups in total. The average molecular weight is 339 g/mol. The van der Waals surface area contributed by atoms with Gasteiger partial charge in [0.1, 0.15) is 12.4 Å². The third-order valence-corrected chi connectivity index (χ3v) is 3.97. The van der Waals surface area contributed by atoms with Crippen LogP contribution >= 0.6 is 0 Å². The Bertz CT molecular complexity index is 798. The van der Waals surface area contributed by atoms with Gasteiger partial charge in [0.15, 0.2) is 11.5 Å². The molecule has 0 unspecified atom stereocenters. The van der Waals surface area contributed by atoms with Crippen molar-refractivity contribution in [3.8, 4) is 17.2 Å². The van der Waals surface area contributed by atoms with Crippen molar-refractivity contribution in [2.45, 2.75) is 13.8 Å². The molecule has 25 heavy (non-hydrogen) atoms. The number of aryl methyl sites for hydroxylation is 2. The van der Waals surface area contributed by atoms with Crippen LogP contribution in [-0.4, -0.2) is 25.9 Å². The van der Waals surface area contributed by atoms with Gasteiger partial charge in [-0.15, -0.1) is 0 Å². The van der Waals surface area contributed by atoms with Gasteiger partial charge in [0.05, 0.1) is 6.54 Å². The second-order valence-electron chi connectivity index (χ2n) is 5.83. The Labute approximate surface area is 147 Å². The zero-order valence-electron chi connectivity index (χ0n) is 14.4. The maximum Gasteiger partial charge on any atom is 0.244 e. The summed E-state index contributed by atoms with van der Waals surface area (Å²) in [6.45, 7) is 5.21. The number of nitrogens with one attached hydrogen (secondary N) is 1. The van der Waals surface area contributed by atoms with Crippen molar-refractivity contribution in [1.82, 2.24) is 5.32 Å². The van der Waals surface area contributed by atoms with Crippen LogP contribution in [0.4, 0.5) is 0 Å². The fourth-order valence-corrected chi connectivity index (χ4v) is 2.39. The van der Waals surface area contributed by atoms with Crippen molar-refractivity contribution in [3.63, 3.8) is 0 Å². The van der Waals surface area contributed by atoms with E-state index < -0.39 is 0 Å². The molecule has 1 amide bonds. The first kappa shape index (κ1) is 16.9. The summed E-state index contributed by atoms with van der Waals surface area (Å²) in [4.78, 5) is 11.9. The molecule has 0 saturated carbocycles. The molecule has 1 aliphatic rings. The molecule has 5 heteroatoms. The number of carbonyl (C=O) groups excluding carboxylic acids is 1.